The summed E-state index contributed by atoms with van der Waals surface area (Å²) in [5.74, 6) is 1.14. The zero-order chi connectivity index (χ0) is 9.90. The van der Waals surface area contributed by atoms with E-state index >= 15 is 0 Å². The zero-order valence-electron chi connectivity index (χ0n) is 7.78. The third-order valence-electron chi connectivity index (χ3n) is 1.56. The maximum absolute atomic E-state index is 10.8. The SMILES string of the molecule is CC1CSC(=NCCS(C)(=O)=O)N1. The Balaban J connectivity index is 2.33. The number of rotatable bonds is 3. The predicted molar refractivity (Wildman–Crippen MR) is 57.1 cm³/mol. The third-order valence-corrected chi connectivity index (χ3v) is 3.67. The van der Waals surface area contributed by atoms with Crippen LogP contribution < -0.4 is 5.32 Å². The molecular formula is C7H14N2O2S2. The quantitative estimate of drug-likeness (QED) is 0.736. The highest BCUT2D eigenvalue weighted by molar-refractivity contribution is 8.14. The minimum Gasteiger partial charge on any atom is -0.362 e. The molecule has 1 N–H and O–H groups in total. The van der Waals surface area contributed by atoms with E-state index in [1.165, 1.54) is 6.26 Å². The van der Waals surface area contributed by atoms with E-state index in [1.54, 1.807) is 11.8 Å². The summed E-state index contributed by atoms with van der Waals surface area (Å²) in [6.07, 6.45) is 1.23. The summed E-state index contributed by atoms with van der Waals surface area (Å²) >= 11 is 1.65. The minimum atomic E-state index is -2.87. The van der Waals surface area contributed by atoms with Crippen molar-refractivity contribution in [2.75, 3.05) is 24.3 Å². The van der Waals surface area contributed by atoms with Crippen molar-refractivity contribution in [3.63, 3.8) is 0 Å². The number of amidine groups is 1. The molecule has 1 aliphatic heterocycles. The molecule has 1 saturated heterocycles. The zero-order valence-corrected chi connectivity index (χ0v) is 9.41. The Labute approximate surface area is 83.1 Å². The second-order valence-corrected chi connectivity index (χ2v) is 6.44. The van der Waals surface area contributed by atoms with Crippen LogP contribution in [0.1, 0.15) is 6.92 Å². The summed E-state index contributed by atoms with van der Waals surface area (Å²) in [6.45, 7) is 2.44. The maximum atomic E-state index is 10.8. The summed E-state index contributed by atoms with van der Waals surface area (Å²) in [7, 11) is -2.87. The molecule has 1 aliphatic rings. The van der Waals surface area contributed by atoms with Crippen LogP contribution in [-0.4, -0.2) is 43.9 Å². The lowest BCUT2D eigenvalue weighted by Crippen LogP contribution is -2.23. The molecule has 0 bridgehead atoms. The molecule has 0 aromatic heterocycles. The van der Waals surface area contributed by atoms with E-state index in [0.29, 0.717) is 12.6 Å². The fourth-order valence-corrected chi connectivity index (χ4v) is 2.28. The van der Waals surface area contributed by atoms with Crippen LogP contribution in [0.3, 0.4) is 0 Å². The number of nitrogens with one attached hydrogen (secondary N) is 1. The Bertz CT molecular complexity index is 298. The molecule has 1 rings (SSSR count). The van der Waals surface area contributed by atoms with Gasteiger partial charge in [-0.3, -0.25) is 4.99 Å². The number of sulfone groups is 1. The van der Waals surface area contributed by atoms with Gasteiger partial charge in [0.1, 0.15) is 9.84 Å². The summed E-state index contributed by atoms with van der Waals surface area (Å²) in [5.41, 5.74) is 0. The van der Waals surface area contributed by atoms with Gasteiger partial charge in [0.2, 0.25) is 0 Å². The molecule has 1 atom stereocenters. The average molecular weight is 222 g/mol. The second kappa shape index (κ2) is 4.32. The molecule has 0 radical (unpaired) electrons. The number of hydrogen-bond donors (Lipinski definition) is 1. The van der Waals surface area contributed by atoms with Crippen LogP contribution >= 0.6 is 11.8 Å². The van der Waals surface area contributed by atoms with E-state index in [2.05, 4.69) is 17.2 Å². The van der Waals surface area contributed by atoms with Crippen LogP contribution in [-0.2, 0) is 9.84 Å². The van der Waals surface area contributed by atoms with Crippen molar-refractivity contribution in [3.05, 3.63) is 0 Å². The molecule has 0 aromatic carbocycles. The molecule has 6 heteroatoms. The molecule has 0 aromatic rings. The summed E-state index contributed by atoms with van der Waals surface area (Å²) in [5, 5.41) is 4.03. The van der Waals surface area contributed by atoms with Gasteiger partial charge in [-0.15, -0.1) is 0 Å². The van der Waals surface area contributed by atoms with Gasteiger partial charge in [0, 0.05) is 18.1 Å². The highest BCUT2D eigenvalue weighted by Crippen LogP contribution is 2.12. The average Bonchev–Trinajstić information content (AvgIpc) is 2.33. The Morgan fingerprint density at radius 2 is 2.38 bits per heavy atom. The number of hydrogen-bond acceptors (Lipinski definition) is 4. The summed E-state index contributed by atoms with van der Waals surface area (Å²) in [4.78, 5) is 4.15. The van der Waals surface area contributed by atoms with Crippen LogP contribution in [0, 0.1) is 0 Å². The summed E-state index contributed by atoms with van der Waals surface area (Å²) in [6, 6.07) is 0.446. The van der Waals surface area contributed by atoms with Crippen LogP contribution in [0.5, 0.6) is 0 Å². The molecule has 0 spiro atoms. The van der Waals surface area contributed by atoms with Gasteiger partial charge in [-0.05, 0) is 6.92 Å². The van der Waals surface area contributed by atoms with Crippen LogP contribution in [0.4, 0.5) is 0 Å². The molecule has 0 saturated carbocycles. The van der Waals surface area contributed by atoms with Gasteiger partial charge in [-0.25, -0.2) is 8.42 Å². The van der Waals surface area contributed by atoms with Crippen molar-refractivity contribution in [2.24, 2.45) is 4.99 Å². The minimum absolute atomic E-state index is 0.132. The third kappa shape index (κ3) is 4.52. The van der Waals surface area contributed by atoms with Crippen LogP contribution in [0.25, 0.3) is 0 Å². The van der Waals surface area contributed by atoms with E-state index in [9.17, 15) is 8.42 Å². The summed E-state index contributed by atoms with van der Waals surface area (Å²) < 4.78 is 21.5. The lowest BCUT2D eigenvalue weighted by Gasteiger charge is -2.00. The van der Waals surface area contributed by atoms with Crippen LogP contribution in [0.2, 0.25) is 0 Å². The monoisotopic (exact) mass is 222 g/mol. The van der Waals surface area contributed by atoms with E-state index in [1.807, 2.05) is 0 Å². The predicted octanol–water partition coefficient (Wildman–Crippen LogP) is 0.112. The molecule has 1 fully saturated rings. The lowest BCUT2D eigenvalue weighted by atomic mass is 10.4. The molecule has 1 unspecified atom stereocenters. The van der Waals surface area contributed by atoms with Crippen molar-refractivity contribution in [1.82, 2.24) is 5.32 Å². The van der Waals surface area contributed by atoms with Gasteiger partial charge in [0.25, 0.3) is 0 Å². The molecule has 4 nitrogen and oxygen atoms in total. The first-order chi connectivity index (χ1) is 5.97. The Kier molecular flexibility index (Phi) is 3.61. The fourth-order valence-electron chi connectivity index (χ4n) is 0.902. The Morgan fingerprint density at radius 3 is 2.85 bits per heavy atom. The normalized spacial score (nSPS) is 26.3. The largest absolute Gasteiger partial charge is 0.362 e. The molecule has 76 valence electrons. The van der Waals surface area contributed by atoms with Crippen molar-refractivity contribution < 1.29 is 8.42 Å². The van der Waals surface area contributed by atoms with E-state index < -0.39 is 9.84 Å². The van der Waals surface area contributed by atoms with E-state index in [-0.39, 0.29) is 5.75 Å². The van der Waals surface area contributed by atoms with Crippen molar-refractivity contribution >= 4 is 26.8 Å². The first kappa shape index (κ1) is 10.8. The van der Waals surface area contributed by atoms with Gasteiger partial charge in [0.15, 0.2) is 5.17 Å². The van der Waals surface area contributed by atoms with Crippen molar-refractivity contribution in [1.29, 1.82) is 0 Å². The first-order valence-electron chi connectivity index (χ1n) is 4.09. The van der Waals surface area contributed by atoms with Gasteiger partial charge in [-0.1, -0.05) is 11.8 Å². The number of aliphatic imine (C=N–C) groups is 1. The van der Waals surface area contributed by atoms with Crippen molar-refractivity contribution in [3.8, 4) is 0 Å². The van der Waals surface area contributed by atoms with E-state index in [4.69, 9.17) is 0 Å². The molecule has 0 aliphatic carbocycles. The second-order valence-electron chi connectivity index (χ2n) is 3.17. The number of thioether (sulfide) groups is 1. The highest BCUT2D eigenvalue weighted by atomic mass is 32.2. The number of nitrogens with zero attached hydrogens (tertiary/aromatic N) is 1. The fraction of sp³-hybridized carbons (Fsp3) is 0.857. The van der Waals surface area contributed by atoms with Gasteiger partial charge < -0.3 is 5.32 Å². The molecule has 1 heterocycles. The molecule has 0 amide bonds. The highest BCUT2D eigenvalue weighted by Gasteiger charge is 2.14. The van der Waals surface area contributed by atoms with Crippen LogP contribution in [0.15, 0.2) is 4.99 Å². The Hall–Kier alpha value is -0.230. The first-order valence-corrected chi connectivity index (χ1v) is 7.13. The van der Waals surface area contributed by atoms with E-state index in [0.717, 1.165) is 10.9 Å². The maximum Gasteiger partial charge on any atom is 0.156 e. The smallest absolute Gasteiger partial charge is 0.156 e. The lowest BCUT2D eigenvalue weighted by molar-refractivity contribution is 0.601. The topological polar surface area (TPSA) is 58.5 Å². The van der Waals surface area contributed by atoms with Gasteiger partial charge >= 0.3 is 0 Å². The standard InChI is InChI=1S/C7H14N2O2S2/c1-6-5-12-7(9-6)8-3-4-13(2,10)11/h6H,3-5H2,1-2H3,(H,8,9). The van der Waals surface area contributed by atoms with Gasteiger partial charge in [0.05, 0.1) is 12.3 Å². The van der Waals surface area contributed by atoms with Gasteiger partial charge in [-0.2, -0.15) is 0 Å². The molecular weight excluding hydrogens is 208 g/mol. The molecule has 13 heavy (non-hydrogen) atoms. The Morgan fingerprint density at radius 1 is 1.69 bits per heavy atom. The van der Waals surface area contributed by atoms with Crippen molar-refractivity contribution in [2.45, 2.75) is 13.0 Å².